The first-order valence-corrected chi connectivity index (χ1v) is 10.2. The minimum Gasteiger partial charge on any atom is -0.338 e. The van der Waals surface area contributed by atoms with Crippen LogP contribution >= 0.6 is 11.6 Å². The van der Waals surface area contributed by atoms with Crippen LogP contribution in [0.1, 0.15) is 55.3 Å². The first kappa shape index (κ1) is 18.3. The molecule has 0 saturated heterocycles. The molecule has 6 nitrogen and oxygen atoms in total. The summed E-state index contributed by atoms with van der Waals surface area (Å²) in [4.78, 5) is 4.28. The van der Waals surface area contributed by atoms with Crippen LogP contribution in [0.2, 0.25) is 5.02 Å². The van der Waals surface area contributed by atoms with Crippen molar-refractivity contribution < 1.29 is 17.3 Å². The number of nitrogens with zero attached hydrogens (tertiary/aromatic N) is 2. The zero-order valence-corrected chi connectivity index (χ0v) is 15.1. The number of aromatic nitrogens is 2. The summed E-state index contributed by atoms with van der Waals surface area (Å²) in [6.45, 7) is -0.114. The molecule has 1 aromatic heterocycles. The summed E-state index contributed by atoms with van der Waals surface area (Å²) < 4.78 is 45.5. The van der Waals surface area contributed by atoms with E-state index >= 15 is 0 Å². The van der Waals surface area contributed by atoms with Crippen molar-refractivity contribution in [2.75, 3.05) is 0 Å². The molecule has 0 atom stereocenters. The number of halogens is 2. The molecule has 0 radical (unpaired) electrons. The van der Waals surface area contributed by atoms with Gasteiger partial charge in [0.1, 0.15) is 5.82 Å². The average Bonchev–Trinajstić information content (AvgIpc) is 3.06. The van der Waals surface area contributed by atoms with Gasteiger partial charge in [-0.1, -0.05) is 42.1 Å². The van der Waals surface area contributed by atoms with E-state index in [-0.39, 0.29) is 28.9 Å². The van der Waals surface area contributed by atoms with E-state index in [0.717, 1.165) is 31.7 Å². The van der Waals surface area contributed by atoms with E-state index in [4.69, 9.17) is 16.1 Å². The van der Waals surface area contributed by atoms with Gasteiger partial charge in [0.05, 0.1) is 12.3 Å². The molecule has 0 unspecified atom stereocenters. The van der Waals surface area contributed by atoms with Gasteiger partial charge in [0.25, 0.3) is 0 Å². The van der Waals surface area contributed by atoms with Crippen molar-refractivity contribution in [3.8, 4) is 0 Å². The van der Waals surface area contributed by atoms with E-state index in [1.54, 1.807) is 0 Å². The van der Waals surface area contributed by atoms with Gasteiger partial charge in [-0.2, -0.15) is 4.98 Å². The van der Waals surface area contributed by atoms with Crippen molar-refractivity contribution in [3.63, 3.8) is 0 Å². The van der Waals surface area contributed by atoms with E-state index in [9.17, 15) is 12.8 Å². The van der Waals surface area contributed by atoms with Crippen molar-refractivity contribution in [2.45, 2.75) is 50.3 Å². The fraction of sp³-hybridized carbons (Fsp3) is 0.500. The Balaban J connectivity index is 1.59. The molecule has 25 heavy (non-hydrogen) atoms. The largest absolute Gasteiger partial charge is 0.338 e. The second-order valence-electron chi connectivity index (χ2n) is 6.20. The molecule has 1 saturated carbocycles. The zero-order valence-electron chi connectivity index (χ0n) is 13.5. The van der Waals surface area contributed by atoms with Crippen molar-refractivity contribution >= 4 is 21.6 Å². The highest BCUT2D eigenvalue weighted by Crippen LogP contribution is 2.30. The molecule has 1 aromatic carbocycles. The second-order valence-corrected chi connectivity index (χ2v) is 8.44. The molecule has 136 valence electrons. The topological polar surface area (TPSA) is 85.1 Å². The van der Waals surface area contributed by atoms with Gasteiger partial charge in [-0.3, -0.25) is 0 Å². The number of nitrogens with one attached hydrogen (secondary N) is 1. The van der Waals surface area contributed by atoms with Gasteiger partial charge in [0.2, 0.25) is 15.9 Å². The van der Waals surface area contributed by atoms with Crippen molar-refractivity contribution in [1.29, 1.82) is 0 Å². The molecule has 1 heterocycles. The normalized spacial score (nSPS) is 16.2. The van der Waals surface area contributed by atoms with Crippen molar-refractivity contribution in [3.05, 3.63) is 46.3 Å². The molecule has 1 N–H and O–H groups in total. The Bertz CT molecular complexity index is 835. The number of sulfonamides is 1. The average molecular weight is 388 g/mol. The van der Waals surface area contributed by atoms with Crippen molar-refractivity contribution in [2.24, 2.45) is 0 Å². The van der Waals surface area contributed by atoms with Crippen LogP contribution in [0.5, 0.6) is 0 Å². The van der Waals surface area contributed by atoms with Gasteiger partial charge in [0, 0.05) is 16.5 Å². The summed E-state index contributed by atoms with van der Waals surface area (Å²) >= 11 is 5.66. The number of hydrogen-bond acceptors (Lipinski definition) is 5. The highest BCUT2D eigenvalue weighted by atomic mass is 35.5. The molecule has 0 aliphatic heterocycles. The molecule has 9 heteroatoms. The smallest absolute Gasteiger partial charge is 0.241 e. The maximum Gasteiger partial charge on any atom is 0.241 e. The number of benzene rings is 1. The molecular formula is C16H19ClFN3O3S. The van der Waals surface area contributed by atoms with Crippen LogP contribution in [-0.2, 0) is 22.3 Å². The zero-order chi connectivity index (χ0) is 17.9. The lowest BCUT2D eigenvalue weighted by Gasteiger charge is -2.17. The van der Waals surface area contributed by atoms with Gasteiger partial charge in [-0.15, -0.1) is 0 Å². The Morgan fingerprint density at radius 2 is 2.04 bits per heavy atom. The number of rotatable bonds is 6. The van der Waals surface area contributed by atoms with Gasteiger partial charge >= 0.3 is 0 Å². The molecule has 0 bridgehead atoms. The lowest BCUT2D eigenvalue weighted by Crippen LogP contribution is -2.25. The van der Waals surface area contributed by atoms with E-state index in [0.29, 0.717) is 5.82 Å². The standard InChI is InChI=1S/C16H19ClFN3O3S/c17-13-7-6-12(14(18)8-13)10-25(22,23)19-9-15-20-16(21-24-15)11-4-2-1-3-5-11/h6-8,11,19H,1-5,9-10H2. The molecule has 0 amide bonds. The first-order chi connectivity index (χ1) is 11.9. The molecule has 1 aliphatic rings. The van der Waals surface area contributed by atoms with Crippen LogP contribution in [0.15, 0.2) is 22.7 Å². The lowest BCUT2D eigenvalue weighted by molar-refractivity contribution is 0.356. The summed E-state index contributed by atoms with van der Waals surface area (Å²) in [6.07, 6.45) is 5.57. The molecule has 0 spiro atoms. The fourth-order valence-electron chi connectivity index (χ4n) is 2.93. The summed E-state index contributed by atoms with van der Waals surface area (Å²) in [5.41, 5.74) is 0.0466. The third-order valence-corrected chi connectivity index (χ3v) is 5.77. The van der Waals surface area contributed by atoms with Crippen molar-refractivity contribution in [1.82, 2.24) is 14.9 Å². The highest BCUT2D eigenvalue weighted by molar-refractivity contribution is 7.88. The van der Waals surface area contributed by atoms with Gasteiger partial charge in [0.15, 0.2) is 5.82 Å². The highest BCUT2D eigenvalue weighted by Gasteiger charge is 2.22. The third-order valence-electron chi connectivity index (χ3n) is 4.26. The molecular weight excluding hydrogens is 369 g/mol. The van der Waals surface area contributed by atoms with Crippen LogP contribution in [0.3, 0.4) is 0 Å². The Morgan fingerprint density at radius 1 is 1.28 bits per heavy atom. The van der Waals surface area contributed by atoms with E-state index in [1.807, 2.05) is 0 Å². The van der Waals surface area contributed by atoms with Gasteiger partial charge in [-0.25, -0.2) is 17.5 Å². The van der Waals surface area contributed by atoms with Crippen LogP contribution in [0, 0.1) is 5.82 Å². The Labute approximate surface area is 150 Å². The van der Waals surface area contributed by atoms with Crippen LogP contribution in [0.25, 0.3) is 0 Å². The summed E-state index contributed by atoms with van der Waals surface area (Å²) in [5, 5.41) is 4.17. The molecule has 2 aromatic rings. The predicted octanol–water partition coefficient (Wildman–Crippen LogP) is 3.53. The third kappa shape index (κ3) is 4.99. The maximum atomic E-state index is 13.7. The van der Waals surface area contributed by atoms with Crippen LogP contribution < -0.4 is 4.72 Å². The fourth-order valence-corrected chi connectivity index (χ4v) is 4.18. The summed E-state index contributed by atoms with van der Waals surface area (Å²) in [5.74, 6) is -0.0146. The van der Waals surface area contributed by atoms with Gasteiger partial charge in [-0.05, 0) is 25.0 Å². The predicted molar refractivity (Wildman–Crippen MR) is 91.0 cm³/mol. The molecule has 1 aliphatic carbocycles. The molecule has 1 fully saturated rings. The van der Waals surface area contributed by atoms with E-state index in [1.165, 1.54) is 18.6 Å². The minimum absolute atomic E-state index is 0.0466. The molecule has 3 rings (SSSR count). The first-order valence-electron chi connectivity index (χ1n) is 8.17. The SMILES string of the molecule is O=S(=O)(Cc1ccc(Cl)cc1F)NCc1nc(C2CCCCC2)no1. The maximum absolute atomic E-state index is 13.7. The van der Waals surface area contributed by atoms with Gasteiger partial charge < -0.3 is 4.52 Å². The van der Waals surface area contributed by atoms with Crippen LogP contribution in [0.4, 0.5) is 4.39 Å². The van der Waals surface area contributed by atoms with Crippen LogP contribution in [-0.4, -0.2) is 18.6 Å². The Hall–Kier alpha value is -1.51. The Kier molecular flexibility index (Phi) is 5.71. The second kappa shape index (κ2) is 7.80. The Morgan fingerprint density at radius 3 is 2.76 bits per heavy atom. The van der Waals surface area contributed by atoms with E-state index < -0.39 is 21.6 Å². The monoisotopic (exact) mass is 387 g/mol. The quantitative estimate of drug-likeness (QED) is 0.819. The number of hydrogen-bond donors (Lipinski definition) is 1. The summed E-state index contributed by atoms with van der Waals surface area (Å²) in [6, 6.07) is 3.88. The lowest BCUT2D eigenvalue weighted by atomic mass is 9.89. The van der Waals surface area contributed by atoms with E-state index in [2.05, 4.69) is 14.9 Å². The minimum atomic E-state index is -3.74. The summed E-state index contributed by atoms with van der Waals surface area (Å²) in [7, 11) is -3.74.